The van der Waals surface area contributed by atoms with Crippen LogP contribution in [0.15, 0.2) is 42.6 Å². The molecule has 2 aromatic rings. The number of aromatic nitrogens is 1. The van der Waals surface area contributed by atoms with Gasteiger partial charge in [0.25, 0.3) is 0 Å². The molecule has 0 aliphatic heterocycles. The molecule has 3 rings (SSSR count). The molecular formula is C20H25N3O3. The monoisotopic (exact) mass is 355 g/mol. The summed E-state index contributed by atoms with van der Waals surface area (Å²) in [6.07, 6.45) is 6.50. The Hall–Kier alpha value is -2.76. The van der Waals surface area contributed by atoms with Gasteiger partial charge in [-0.05, 0) is 62.9 Å². The molecule has 2 N–H and O–H groups in total. The number of benzene rings is 1. The van der Waals surface area contributed by atoms with Crippen molar-refractivity contribution in [3.8, 4) is 11.6 Å². The van der Waals surface area contributed by atoms with E-state index in [1.54, 1.807) is 6.20 Å². The third kappa shape index (κ3) is 5.12. The largest absolute Gasteiger partial charge is 0.494 e. The number of carbonyl (C=O) groups is 1. The molecule has 0 spiro atoms. The van der Waals surface area contributed by atoms with Crippen molar-refractivity contribution >= 4 is 11.7 Å². The van der Waals surface area contributed by atoms with Crippen molar-refractivity contribution in [2.24, 2.45) is 0 Å². The zero-order chi connectivity index (χ0) is 18.2. The van der Waals surface area contributed by atoms with Crippen LogP contribution in [0, 0.1) is 0 Å². The number of urea groups is 1. The van der Waals surface area contributed by atoms with Crippen LogP contribution >= 0.6 is 0 Å². The lowest BCUT2D eigenvalue weighted by atomic mass is 10.2. The molecule has 0 bridgehead atoms. The second kappa shape index (κ2) is 9.08. The molecule has 0 saturated heterocycles. The molecule has 1 aromatic heterocycles. The van der Waals surface area contributed by atoms with Crippen LogP contribution in [0.25, 0.3) is 0 Å². The van der Waals surface area contributed by atoms with Gasteiger partial charge in [-0.25, -0.2) is 9.78 Å². The maximum atomic E-state index is 12.1. The molecule has 1 aromatic carbocycles. The van der Waals surface area contributed by atoms with Crippen molar-refractivity contribution in [2.45, 2.75) is 45.3 Å². The third-order valence-electron chi connectivity index (χ3n) is 4.29. The smallest absolute Gasteiger partial charge is 0.319 e. The molecule has 2 amide bonds. The van der Waals surface area contributed by atoms with Crippen molar-refractivity contribution in [2.75, 3.05) is 11.9 Å². The van der Waals surface area contributed by atoms with Crippen LogP contribution in [0.2, 0.25) is 0 Å². The minimum atomic E-state index is -0.273. The highest BCUT2D eigenvalue weighted by Gasteiger charge is 2.18. The quantitative estimate of drug-likeness (QED) is 0.783. The lowest BCUT2D eigenvalue weighted by Crippen LogP contribution is -2.28. The van der Waals surface area contributed by atoms with Crippen LogP contribution in [0.5, 0.6) is 11.6 Å². The number of nitrogens with zero attached hydrogens (tertiary/aromatic N) is 1. The third-order valence-corrected chi connectivity index (χ3v) is 4.29. The Bertz CT molecular complexity index is 712. The van der Waals surface area contributed by atoms with Gasteiger partial charge in [-0.3, -0.25) is 0 Å². The van der Waals surface area contributed by atoms with E-state index in [-0.39, 0.29) is 12.1 Å². The number of nitrogens with one attached hydrogen (secondary N) is 2. The molecule has 0 radical (unpaired) electrons. The summed E-state index contributed by atoms with van der Waals surface area (Å²) in [5.41, 5.74) is 1.58. The minimum Gasteiger partial charge on any atom is -0.494 e. The number of hydrogen-bond acceptors (Lipinski definition) is 4. The summed E-state index contributed by atoms with van der Waals surface area (Å²) in [4.78, 5) is 16.5. The molecule has 0 atom stereocenters. The number of carbonyl (C=O) groups excluding carboxylic acids is 1. The van der Waals surface area contributed by atoms with Crippen LogP contribution in [-0.4, -0.2) is 23.7 Å². The zero-order valence-corrected chi connectivity index (χ0v) is 15.0. The van der Waals surface area contributed by atoms with Crippen molar-refractivity contribution in [1.29, 1.82) is 0 Å². The zero-order valence-electron chi connectivity index (χ0n) is 15.0. The SMILES string of the molecule is CCOc1ccc(NC(=O)NCc2cccnc2OC2CCCC2)cc1. The van der Waals surface area contributed by atoms with Crippen molar-refractivity contribution in [1.82, 2.24) is 10.3 Å². The van der Waals surface area contributed by atoms with Gasteiger partial charge in [-0.1, -0.05) is 6.07 Å². The summed E-state index contributed by atoms with van der Waals surface area (Å²) in [7, 11) is 0. The second-order valence-corrected chi connectivity index (χ2v) is 6.26. The highest BCUT2D eigenvalue weighted by Crippen LogP contribution is 2.25. The lowest BCUT2D eigenvalue weighted by Gasteiger charge is -2.15. The maximum Gasteiger partial charge on any atom is 0.319 e. The number of ether oxygens (including phenoxy) is 2. The highest BCUT2D eigenvalue weighted by molar-refractivity contribution is 5.89. The van der Waals surface area contributed by atoms with Gasteiger partial charge < -0.3 is 20.1 Å². The van der Waals surface area contributed by atoms with Crippen LogP contribution < -0.4 is 20.1 Å². The number of hydrogen-bond donors (Lipinski definition) is 2. The van der Waals surface area contributed by atoms with Crippen molar-refractivity contribution < 1.29 is 14.3 Å². The maximum absolute atomic E-state index is 12.1. The van der Waals surface area contributed by atoms with E-state index in [0.29, 0.717) is 24.7 Å². The molecule has 1 fully saturated rings. The Morgan fingerprint density at radius 3 is 2.69 bits per heavy atom. The van der Waals surface area contributed by atoms with Gasteiger partial charge in [0.15, 0.2) is 0 Å². The topological polar surface area (TPSA) is 72.5 Å². The second-order valence-electron chi connectivity index (χ2n) is 6.26. The average Bonchev–Trinajstić information content (AvgIpc) is 3.16. The average molecular weight is 355 g/mol. The highest BCUT2D eigenvalue weighted by atomic mass is 16.5. The Morgan fingerprint density at radius 2 is 1.96 bits per heavy atom. The predicted molar refractivity (Wildman–Crippen MR) is 101 cm³/mol. The molecular weight excluding hydrogens is 330 g/mol. The van der Waals surface area contributed by atoms with Gasteiger partial charge in [0.1, 0.15) is 11.9 Å². The fraction of sp³-hybridized carbons (Fsp3) is 0.400. The van der Waals surface area contributed by atoms with E-state index in [1.807, 2.05) is 43.3 Å². The van der Waals surface area contributed by atoms with Gasteiger partial charge in [-0.15, -0.1) is 0 Å². The van der Waals surface area contributed by atoms with Crippen LogP contribution in [-0.2, 0) is 6.54 Å². The number of rotatable bonds is 7. The first kappa shape index (κ1) is 18.0. The molecule has 6 heteroatoms. The van der Waals surface area contributed by atoms with Gasteiger partial charge in [0.2, 0.25) is 5.88 Å². The molecule has 0 unspecified atom stereocenters. The van der Waals surface area contributed by atoms with Crippen molar-refractivity contribution in [3.63, 3.8) is 0 Å². The molecule has 1 saturated carbocycles. The summed E-state index contributed by atoms with van der Waals surface area (Å²) >= 11 is 0. The van der Waals surface area contributed by atoms with E-state index >= 15 is 0 Å². The van der Waals surface area contributed by atoms with E-state index in [2.05, 4.69) is 15.6 Å². The molecule has 1 heterocycles. The van der Waals surface area contributed by atoms with E-state index in [9.17, 15) is 4.79 Å². The van der Waals surface area contributed by atoms with Crippen molar-refractivity contribution in [3.05, 3.63) is 48.2 Å². The molecule has 1 aliphatic carbocycles. The number of anilines is 1. The fourth-order valence-electron chi connectivity index (χ4n) is 2.98. The summed E-state index contributed by atoms with van der Waals surface area (Å²) < 4.78 is 11.4. The number of amides is 2. The summed E-state index contributed by atoms with van der Waals surface area (Å²) in [5.74, 6) is 1.39. The first-order chi connectivity index (χ1) is 12.7. The summed E-state index contributed by atoms with van der Waals surface area (Å²) in [6.45, 7) is 2.91. The predicted octanol–water partition coefficient (Wildman–Crippen LogP) is 4.12. The van der Waals surface area contributed by atoms with E-state index in [1.165, 1.54) is 12.8 Å². The van der Waals surface area contributed by atoms with Crippen LogP contribution in [0.1, 0.15) is 38.2 Å². The van der Waals surface area contributed by atoms with Crippen LogP contribution in [0.3, 0.4) is 0 Å². The van der Waals surface area contributed by atoms with Gasteiger partial charge in [0, 0.05) is 24.0 Å². The number of pyridine rings is 1. The lowest BCUT2D eigenvalue weighted by molar-refractivity contribution is 0.199. The van der Waals surface area contributed by atoms with Gasteiger partial charge in [0.05, 0.1) is 6.61 Å². The minimum absolute atomic E-state index is 0.237. The standard InChI is InChI=1S/C20H25N3O3/c1-2-25-17-11-9-16(10-12-17)23-20(24)22-14-15-6-5-13-21-19(15)26-18-7-3-4-8-18/h5-6,9-13,18H,2-4,7-8,14H2,1H3,(H2,22,23,24). The Balaban J connectivity index is 1.52. The van der Waals surface area contributed by atoms with Gasteiger partial charge in [-0.2, -0.15) is 0 Å². The van der Waals surface area contributed by atoms with E-state index < -0.39 is 0 Å². The molecule has 1 aliphatic rings. The molecule has 26 heavy (non-hydrogen) atoms. The normalized spacial score (nSPS) is 14.0. The van der Waals surface area contributed by atoms with Gasteiger partial charge >= 0.3 is 6.03 Å². The van der Waals surface area contributed by atoms with E-state index in [0.717, 1.165) is 24.2 Å². The van der Waals surface area contributed by atoms with Crippen LogP contribution in [0.4, 0.5) is 10.5 Å². The Labute approximate surface area is 153 Å². The summed E-state index contributed by atoms with van der Waals surface area (Å²) in [5, 5.41) is 5.66. The van der Waals surface area contributed by atoms with E-state index in [4.69, 9.17) is 9.47 Å². The summed E-state index contributed by atoms with van der Waals surface area (Å²) in [6, 6.07) is 10.8. The molecule has 138 valence electrons. The Kier molecular flexibility index (Phi) is 6.30. The Morgan fingerprint density at radius 1 is 1.19 bits per heavy atom. The first-order valence-electron chi connectivity index (χ1n) is 9.13. The first-order valence-corrected chi connectivity index (χ1v) is 9.13. The fourth-order valence-corrected chi connectivity index (χ4v) is 2.98. The molecule has 6 nitrogen and oxygen atoms in total.